The zero-order valence-corrected chi connectivity index (χ0v) is 13.6. The molecule has 0 aliphatic heterocycles. The molecule has 5 nitrogen and oxygen atoms in total. The summed E-state index contributed by atoms with van der Waals surface area (Å²) in [7, 11) is 1.72. The van der Waals surface area contributed by atoms with E-state index in [9.17, 15) is 13.6 Å². The van der Waals surface area contributed by atoms with Crippen molar-refractivity contribution in [3.63, 3.8) is 0 Å². The predicted octanol–water partition coefficient (Wildman–Crippen LogP) is 3.57. The Balaban J connectivity index is 1.88. The Morgan fingerprint density at radius 3 is 2.64 bits per heavy atom. The van der Waals surface area contributed by atoms with Crippen LogP contribution in [0.15, 0.2) is 42.6 Å². The molecule has 1 aliphatic rings. The number of alkyl halides is 2. The Morgan fingerprint density at radius 1 is 1.28 bits per heavy atom. The molecule has 0 atom stereocenters. The van der Waals surface area contributed by atoms with Gasteiger partial charge in [-0.15, -0.1) is 0 Å². The first-order valence-electron chi connectivity index (χ1n) is 8.05. The number of carbonyl (C=O) groups excluding carboxylic acids is 1. The van der Waals surface area contributed by atoms with Gasteiger partial charge in [-0.3, -0.25) is 4.79 Å². The van der Waals surface area contributed by atoms with E-state index in [1.54, 1.807) is 24.1 Å². The molecular formula is C18H16F2N4O. The molecule has 1 aromatic carbocycles. The molecule has 0 saturated heterocycles. The number of hydrogen-bond donors (Lipinski definition) is 0. The summed E-state index contributed by atoms with van der Waals surface area (Å²) in [6.07, 6.45) is 0.528. The van der Waals surface area contributed by atoms with Crippen LogP contribution in [0.25, 0.3) is 16.9 Å². The second-order valence-corrected chi connectivity index (χ2v) is 6.17. The minimum Gasteiger partial charge on any atom is -0.339 e. The summed E-state index contributed by atoms with van der Waals surface area (Å²) in [5.41, 5.74) is 1.23. The van der Waals surface area contributed by atoms with Crippen LogP contribution in [-0.2, 0) is 0 Å². The van der Waals surface area contributed by atoms with Crippen LogP contribution in [0.1, 0.15) is 35.3 Å². The van der Waals surface area contributed by atoms with E-state index in [4.69, 9.17) is 0 Å². The number of fused-ring (bicyclic) bond motifs is 1. The van der Waals surface area contributed by atoms with E-state index < -0.39 is 6.43 Å². The first-order valence-corrected chi connectivity index (χ1v) is 8.05. The maximum Gasteiger partial charge on any atom is 0.280 e. The van der Waals surface area contributed by atoms with Crippen molar-refractivity contribution in [2.45, 2.75) is 25.3 Å². The van der Waals surface area contributed by atoms with E-state index in [1.807, 2.05) is 18.2 Å². The number of amides is 1. The van der Waals surface area contributed by atoms with Gasteiger partial charge in [0.25, 0.3) is 12.3 Å². The first kappa shape index (κ1) is 15.7. The van der Waals surface area contributed by atoms with Gasteiger partial charge < -0.3 is 4.90 Å². The molecule has 1 saturated carbocycles. The van der Waals surface area contributed by atoms with E-state index in [2.05, 4.69) is 10.1 Å². The number of rotatable bonds is 4. The van der Waals surface area contributed by atoms with Crippen molar-refractivity contribution in [1.82, 2.24) is 19.5 Å². The fraction of sp³-hybridized carbons (Fsp3) is 0.278. The molecule has 25 heavy (non-hydrogen) atoms. The topological polar surface area (TPSA) is 50.5 Å². The molecule has 0 unspecified atom stereocenters. The average Bonchev–Trinajstić information content (AvgIpc) is 3.39. The van der Waals surface area contributed by atoms with Crippen LogP contribution >= 0.6 is 0 Å². The van der Waals surface area contributed by atoms with Crippen LogP contribution in [-0.4, -0.2) is 38.5 Å². The van der Waals surface area contributed by atoms with E-state index >= 15 is 0 Å². The zero-order chi connectivity index (χ0) is 17.6. The van der Waals surface area contributed by atoms with Crippen molar-refractivity contribution in [3.8, 4) is 11.3 Å². The van der Waals surface area contributed by atoms with Gasteiger partial charge in [0.05, 0.1) is 11.9 Å². The summed E-state index contributed by atoms with van der Waals surface area (Å²) >= 11 is 0. The van der Waals surface area contributed by atoms with Gasteiger partial charge in [0.2, 0.25) is 0 Å². The van der Waals surface area contributed by atoms with E-state index in [-0.39, 0.29) is 28.9 Å². The van der Waals surface area contributed by atoms with Crippen molar-refractivity contribution in [3.05, 3.63) is 53.9 Å². The number of carbonyl (C=O) groups is 1. The van der Waals surface area contributed by atoms with Gasteiger partial charge in [-0.05, 0) is 18.9 Å². The normalized spacial score (nSPS) is 14.2. The van der Waals surface area contributed by atoms with E-state index in [1.165, 1.54) is 12.3 Å². The van der Waals surface area contributed by atoms with E-state index in [0.717, 1.165) is 17.4 Å². The number of benzene rings is 1. The third kappa shape index (κ3) is 2.75. The van der Waals surface area contributed by atoms with Gasteiger partial charge in [0.15, 0.2) is 5.65 Å². The van der Waals surface area contributed by atoms with Crippen molar-refractivity contribution < 1.29 is 13.6 Å². The highest BCUT2D eigenvalue weighted by molar-refractivity contribution is 6.00. The molecule has 1 amide bonds. The Hall–Kier alpha value is -2.83. The fourth-order valence-electron chi connectivity index (χ4n) is 2.87. The quantitative estimate of drug-likeness (QED) is 0.728. The summed E-state index contributed by atoms with van der Waals surface area (Å²) in [6.45, 7) is 0. The SMILES string of the molecule is CN(C(=O)c1cnn2c(C(F)F)cc(-c3ccccc3)nc12)C1CC1. The molecule has 7 heteroatoms. The molecule has 1 fully saturated rings. The summed E-state index contributed by atoms with van der Waals surface area (Å²) in [5.74, 6) is -0.240. The van der Waals surface area contributed by atoms with Gasteiger partial charge in [-0.2, -0.15) is 5.10 Å². The third-order valence-electron chi connectivity index (χ3n) is 4.44. The molecule has 4 rings (SSSR count). The van der Waals surface area contributed by atoms with Crippen molar-refractivity contribution in [2.75, 3.05) is 7.05 Å². The van der Waals surface area contributed by atoms with Crippen LogP contribution in [0.3, 0.4) is 0 Å². The molecule has 128 valence electrons. The lowest BCUT2D eigenvalue weighted by Gasteiger charge is -2.15. The molecule has 2 heterocycles. The third-order valence-corrected chi connectivity index (χ3v) is 4.44. The maximum atomic E-state index is 13.5. The van der Waals surface area contributed by atoms with Gasteiger partial charge in [-0.25, -0.2) is 18.3 Å². The Bertz CT molecular complexity index is 935. The zero-order valence-electron chi connectivity index (χ0n) is 13.6. The van der Waals surface area contributed by atoms with Crippen molar-refractivity contribution in [2.24, 2.45) is 0 Å². The minimum atomic E-state index is -2.73. The molecule has 0 radical (unpaired) electrons. The maximum absolute atomic E-state index is 13.5. The van der Waals surface area contributed by atoms with Gasteiger partial charge >= 0.3 is 0 Å². The number of aromatic nitrogens is 3. The van der Waals surface area contributed by atoms with Crippen LogP contribution in [0, 0.1) is 0 Å². The van der Waals surface area contributed by atoms with Crippen LogP contribution in [0.2, 0.25) is 0 Å². The standard InChI is InChI=1S/C18H16F2N4O/c1-23(12-7-8-12)18(25)13-10-21-24-15(16(19)20)9-14(22-17(13)24)11-5-3-2-4-6-11/h2-6,9-10,12,16H,7-8H2,1H3. The monoisotopic (exact) mass is 342 g/mol. The second kappa shape index (κ2) is 5.91. The lowest BCUT2D eigenvalue weighted by atomic mass is 10.1. The summed E-state index contributed by atoms with van der Waals surface area (Å²) in [4.78, 5) is 18.8. The summed E-state index contributed by atoms with van der Waals surface area (Å²) in [6, 6.07) is 10.6. The summed E-state index contributed by atoms with van der Waals surface area (Å²) in [5, 5.41) is 3.98. The lowest BCUT2D eigenvalue weighted by Crippen LogP contribution is -2.28. The highest BCUT2D eigenvalue weighted by atomic mass is 19.3. The number of halogens is 2. The molecule has 0 bridgehead atoms. The molecule has 2 aromatic heterocycles. The number of nitrogens with zero attached hydrogens (tertiary/aromatic N) is 4. The highest BCUT2D eigenvalue weighted by Gasteiger charge is 2.32. The Kier molecular flexibility index (Phi) is 3.71. The Morgan fingerprint density at radius 2 is 2.00 bits per heavy atom. The Labute approximate surface area is 142 Å². The molecule has 3 aromatic rings. The van der Waals surface area contributed by atoms with Crippen LogP contribution < -0.4 is 0 Å². The predicted molar refractivity (Wildman–Crippen MR) is 88.5 cm³/mol. The van der Waals surface area contributed by atoms with Crippen LogP contribution in [0.5, 0.6) is 0 Å². The van der Waals surface area contributed by atoms with Crippen molar-refractivity contribution in [1.29, 1.82) is 0 Å². The average molecular weight is 342 g/mol. The first-order chi connectivity index (χ1) is 12.1. The molecule has 0 N–H and O–H groups in total. The van der Waals surface area contributed by atoms with Gasteiger partial charge in [0, 0.05) is 18.7 Å². The molecular weight excluding hydrogens is 326 g/mol. The van der Waals surface area contributed by atoms with E-state index in [0.29, 0.717) is 11.3 Å². The molecule has 0 spiro atoms. The minimum absolute atomic E-state index is 0.161. The van der Waals surface area contributed by atoms with Gasteiger partial charge in [-0.1, -0.05) is 30.3 Å². The second-order valence-electron chi connectivity index (χ2n) is 6.17. The number of hydrogen-bond acceptors (Lipinski definition) is 3. The highest BCUT2D eigenvalue weighted by Crippen LogP contribution is 2.29. The fourth-order valence-corrected chi connectivity index (χ4v) is 2.87. The molecule has 1 aliphatic carbocycles. The van der Waals surface area contributed by atoms with Gasteiger partial charge in [0.1, 0.15) is 11.3 Å². The lowest BCUT2D eigenvalue weighted by molar-refractivity contribution is 0.0786. The largest absolute Gasteiger partial charge is 0.339 e. The van der Waals surface area contributed by atoms with Crippen LogP contribution in [0.4, 0.5) is 8.78 Å². The smallest absolute Gasteiger partial charge is 0.280 e. The van der Waals surface area contributed by atoms with Crippen molar-refractivity contribution >= 4 is 11.6 Å². The summed E-state index contributed by atoms with van der Waals surface area (Å²) < 4.78 is 28.1.